The second-order valence-corrected chi connectivity index (χ2v) is 2.90. The Balaban J connectivity index is 2.35. The number of pyridine rings is 1. The van der Waals surface area contributed by atoms with Crippen molar-refractivity contribution in [3.8, 4) is 12.3 Å². The van der Waals surface area contributed by atoms with Gasteiger partial charge >= 0.3 is 0 Å². The Labute approximate surface area is 72.0 Å². The quantitative estimate of drug-likeness (QED) is 0.619. The first kappa shape index (κ1) is 7.33. The average molecular weight is 158 g/mol. The van der Waals surface area contributed by atoms with Gasteiger partial charge in [-0.3, -0.25) is 4.98 Å². The predicted molar refractivity (Wildman–Crippen MR) is 47.5 cm³/mol. The SMILES string of the molecule is C#Cc1ccncc1C1CCN1. The first-order valence-electron chi connectivity index (χ1n) is 4.05. The highest BCUT2D eigenvalue weighted by Crippen LogP contribution is 2.24. The van der Waals surface area contributed by atoms with Gasteiger partial charge in [-0.1, -0.05) is 5.92 Å². The largest absolute Gasteiger partial charge is 0.310 e. The van der Waals surface area contributed by atoms with Crippen LogP contribution in [0.2, 0.25) is 0 Å². The lowest BCUT2D eigenvalue weighted by Crippen LogP contribution is -2.35. The summed E-state index contributed by atoms with van der Waals surface area (Å²) >= 11 is 0. The van der Waals surface area contributed by atoms with Gasteiger partial charge in [-0.25, -0.2) is 0 Å². The molecule has 1 aliphatic heterocycles. The van der Waals surface area contributed by atoms with Crippen LogP contribution in [0.3, 0.4) is 0 Å². The molecule has 2 heterocycles. The molecule has 1 saturated heterocycles. The average Bonchev–Trinajstić information content (AvgIpc) is 2.02. The van der Waals surface area contributed by atoms with Crippen molar-refractivity contribution in [2.45, 2.75) is 12.5 Å². The van der Waals surface area contributed by atoms with Gasteiger partial charge in [0, 0.05) is 29.6 Å². The Hall–Kier alpha value is -1.33. The maximum absolute atomic E-state index is 5.36. The number of hydrogen-bond acceptors (Lipinski definition) is 2. The smallest absolute Gasteiger partial charge is 0.0360 e. The van der Waals surface area contributed by atoms with Crippen LogP contribution in [0.5, 0.6) is 0 Å². The summed E-state index contributed by atoms with van der Waals surface area (Å²) in [7, 11) is 0. The molecule has 1 N–H and O–H groups in total. The topological polar surface area (TPSA) is 24.9 Å². The number of nitrogens with one attached hydrogen (secondary N) is 1. The van der Waals surface area contributed by atoms with Crippen molar-refractivity contribution in [2.24, 2.45) is 0 Å². The van der Waals surface area contributed by atoms with Crippen LogP contribution in [0.25, 0.3) is 0 Å². The molecule has 2 heteroatoms. The third kappa shape index (κ3) is 1.09. The van der Waals surface area contributed by atoms with E-state index in [1.165, 1.54) is 6.42 Å². The summed E-state index contributed by atoms with van der Waals surface area (Å²) in [5.41, 5.74) is 2.12. The summed E-state index contributed by atoms with van der Waals surface area (Å²) in [6.07, 6.45) is 10.1. The minimum Gasteiger partial charge on any atom is -0.310 e. The van der Waals surface area contributed by atoms with E-state index in [1.54, 1.807) is 6.20 Å². The van der Waals surface area contributed by atoms with Crippen LogP contribution in [0.1, 0.15) is 23.6 Å². The predicted octanol–water partition coefficient (Wildman–Crippen LogP) is 1.10. The normalized spacial score (nSPS) is 21.1. The van der Waals surface area contributed by atoms with Crippen LogP contribution < -0.4 is 5.32 Å². The van der Waals surface area contributed by atoms with Crippen LogP contribution >= 0.6 is 0 Å². The second-order valence-electron chi connectivity index (χ2n) is 2.90. The van der Waals surface area contributed by atoms with E-state index in [9.17, 15) is 0 Å². The van der Waals surface area contributed by atoms with Crippen molar-refractivity contribution in [3.05, 3.63) is 29.6 Å². The number of aromatic nitrogens is 1. The highest BCUT2D eigenvalue weighted by atomic mass is 15.0. The van der Waals surface area contributed by atoms with Gasteiger partial charge in [0.15, 0.2) is 0 Å². The zero-order chi connectivity index (χ0) is 8.39. The van der Waals surface area contributed by atoms with Gasteiger partial charge in [-0.2, -0.15) is 0 Å². The fourth-order valence-corrected chi connectivity index (χ4v) is 1.37. The molecule has 1 atom stereocenters. The Kier molecular flexibility index (Phi) is 1.81. The second kappa shape index (κ2) is 2.96. The van der Waals surface area contributed by atoms with Crippen molar-refractivity contribution in [1.29, 1.82) is 0 Å². The zero-order valence-electron chi connectivity index (χ0n) is 6.75. The van der Waals surface area contributed by atoms with E-state index in [1.807, 2.05) is 12.3 Å². The number of rotatable bonds is 1. The molecule has 2 nitrogen and oxygen atoms in total. The van der Waals surface area contributed by atoms with Crippen LogP contribution in [0.15, 0.2) is 18.5 Å². The third-order valence-corrected chi connectivity index (χ3v) is 2.21. The molecular weight excluding hydrogens is 148 g/mol. The first-order chi connectivity index (χ1) is 5.92. The Morgan fingerprint density at radius 1 is 1.67 bits per heavy atom. The van der Waals surface area contributed by atoms with Gasteiger partial charge < -0.3 is 5.32 Å². The molecule has 1 unspecified atom stereocenters. The van der Waals surface area contributed by atoms with E-state index in [-0.39, 0.29) is 0 Å². The molecule has 0 radical (unpaired) electrons. The van der Waals surface area contributed by atoms with Gasteiger partial charge in [0.25, 0.3) is 0 Å². The van der Waals surface area contributed by atoms with Crippen molar-refractivity contribution in [1.82, 2.24) is 10.3 Å². The van der Waals surface area contributed by atoms with E-state index in [0.29, 0.717) is 6.04 Å². The van der Waals surface area contributed by atoms with Crippen molar-refractivity contribution in [3.63, 3.8) is 0 Å². The van der Waals surface area contributed by atoms with E-state index < -0.39 is 0 Å². The molecule has 60 valence electrons. The lowest BCUT2D eigenvalue weighted by atomic mass is 9.96. The third-order valence-electron chi connectivity index (χ3n) is 2.21. The van der Waals surface area contributed by atoms with E-state index >= 15 is 0 Å². The standard InChI is InChI=1S/C10H10N2/c1-2-8-3-5-11-7-9(8)10-4-6-12-10/h1,3,5,7,10,12H,4,6H2. The fraction of sp³-hybridized carbons (Fsp3) is 0.300. The molecule has 1 aliphatic rings. The van der Waals surface area contributed by atoms with Crippen LogP contribution in [-0.4, -0.2) is 11.5 Å². The lowest BCUT2D eigenvalue weighted by Gasteiger charge is -2.28. The lowest BCUT2D eigenvalue weighted by molar-refractivity contribution is 0.382. The molecule has 0 aromatic carbocycles. The van der Waals surface area contributed by atoms with Gasteiger partial charge in [0.2, 0.25) is 0 Å². The maximum Gasteiger partial charge on any atom is 0.0360 e. The maximum atomic E-state index is 5.36. The minimum atomic E-state index is 0.435. The molecule has 12 heavy (non-hydrogen) atoms. The monoisotopic (exact) mass is 158 g/mol. The Morgan fingerprint density at radius 3 is 3.08 bits per heavy atom. The molecule has 1 fully saturated rings. The molecule has 0 amide bonds. The van der Waals surface area contributed by atoms with Crippen molar-refractivity contribution in [2.75, 3.05) is 6.54 Å². The van der Waals surface area contributed by atoms with E-state index in [0.717, 1.165) is 17.7 Å². The Morgan fingerprint density at radius 2 is 2.50 bits per heavy atom. The summed E-state index contributed by atoms with van der Waals surface area (Å²) in [4.78, 5) is 4.06. The molecule has 0 bridgehead atoms. The minimum absolute atomic E-state index is 0.435. The number of terminal acetylenes is 1. The van der Waals surface area contributed by atoms with E-state index in [2.05, 4.69) is 16.2 Å². The van der Waals surface area contributed by atoms with Gasteiger partial charge in [0.05, 0.1) is 0 Å². The van der Waals surface area contributed by atoms with E-state index in [4.69, 9.17) is 6.42 Å². The van der Waals surface area contributed by atoms with Crippen LogP contribution in [0.4, 0.5) is 0 Å². The van der Waals surface area contributed by atoms with Crippen molar-refractivity contribution < 1.29 is 0 Å². The first-order valence-corrected chi connectivity index (χ1v) is 4.05. The van der Waals surface area contributed by atoms with Gasteiger partial charge in [0.1, 0.15) is 0 Å². The number of nitrogens with zero attached hydrogens (tertiary/aromatic N) is 1. The molecule has 0 aliphatic carbocycles. The highest BCUT2D eigenvalue weighted by Gasteiger charge is 2.20. The molecule has 0 spiro atoms. The number of hydrogen-bond donors (Lipinski definition) is 1. The molecule has 1 aromatic heterocycles. The molecule has 0 saturated carbocycles. The van der Waals surface area contributed by atoms with Gasteiger partial charge in [-0.05, 0) is 19.0 Å². The van der Waals surface area contributed by atoms with Crippen molar-refractivity contribution >= 4 is 0 Å². The summed E-state index contributed by atoms with van der Waals surface area (Å²) in [6.45, 7) is 1.09. The van der Waals surface area contributed by atoms with Gasteiger partial charge in [-0.15, -0.1) is 6.42 Å². The Bertz CT molecular complexity index is 321. The summed E-state index contributed by atoms with van der Waals surface area (Å²) < 4.78 is 0. The zero-order valence-corrected chi connectivity index (χ0v) is 6.75. The summed E-state index contributed by atoms with van der Waals surface area (Å²) in [5, 5.41) is 3.30. The molecule has 1 aromatic rings. The summed E-state index contributed by atoms with van der Waals surface area (Å²) in [5.74, 6) is 2.66. The van der Waals surface area contributed by atoms with Crippen LogP contribution in [-0.2, 0) is 0 Å². The molecule has 2 rings (SSSR count). The highest BCUT2D eigenvalue weighted by molar-refractivity contribution is 5.40. The summed E-state index contributed by atoms with van der Waals surface area (Å²) in [6, 6.07) is 2.32. The molecular formula is C10H10N2. The van der Waals surface area contributed by atoms with Crippen LogP contribution in [0, 0.1) is 12.3 Å². The fourth-order valence-electron chi connectivity index (χ4n) is 1.37.